The fraction of sp³-hybridized carbons (Fsp3) is 0.412. The van der Waals surface area contributed by atoms with E-state index < -0.39 is 0 Å². The summed E-state index contributed by atoms with van der Waals surface area (Å²) in [6, 6.07) is 9.39. The Bertz CT molecular complexity index is 863. The summed E-state index contributed by atoms with van der Waals surface area (Å²) in [7, 11) is 0. The van der Waals surface area contributed by atoms with Crippen LogP contribution in [0.15, 0.2) is 34.7 Å². The van der Waals surface area contributed by atoms with Gasteiger partial charge in [0.05, 0.1) is 11.8 Å². The summed E-state index contributed by atoms with van der Waals surface area (Å²) in [6.45, 7) is 4.50. The van der Waals surface area contributed by atoms with Crippen LogP contribution >= 0.6 is 23.1 Å². The minimum atomic E-state index is -0.276. The molecule has 0 aliphatic carbocycles. The van der Waals surface area contributed by atoms with Gasteiger partial charge in [-0.25, -0.2) is 0 Å². The molecule has 0 aliphatic rings. The Balaban J connectivity index is 1.56. The predicted molar refractivity (Wildman–Crippen MR) is 102 cm³/mol. The van der Waals surface area contributed by atoms with E-state index in [-0.39, 0.29) is 24.4 Å². The Morgan fingerprint density at radius 2 is 2.08 bits per heavy atom. The van der Waals surface area contributed by atoms with Crippen LogP contribution in [0.4, 0.5) is 0 Å². The number of aromatic nitrogens is 4. The van der Waals surface area contributed by atoms with Crippen molar-refractivity contribution in [3.8, 4) is 0 Å². The van der Waals surface area contributed by atoms with Gasteiger partial charge in [-0.15, -0.1) is 15.3 Å². The normalized spacial score (nSPS) is 12.6. The molecular weight excluding hydrogens is 370 g/mol. The monoisotopic (exact) mass is 391 g/mol. The molecular formula is C17H21N5O2S2. The predicted octanol–water partition coefficient (Wildman–Crippen LogP) is 3.07. The van der Waals surface area contributed by atoms with E-state index in [1.807, 2.05) is 30.3 Å². The standard InChI is InChI=1S/C17H21N5O2S2/c1-11(2)8-13(18)15-19-20-16-22(15)21-17(26-16)25-10-14(23)24-9-12-6-4-3-5-7-12/h3-7,11,13H,8-10,18H2,1-2H3/t13-/m0/s1. The van der Waals surface area contributed by atoms with E-state index in [1.165, 1.54) is 23.1 Å². The summed E-state index contributed by atoms with van der Waals surface area (Å²) in [6.07, 6.45) is 0.812. The van der Waals surface area contributed by atoms with Gasteiger partial charge in [-0.2, -0.15) is 4.52 Å². The maximum absolute atomic E-state index is 11.9. The highest BCUT2D eigenvalue weighted by Crippen LogP contribution is 2.26. The van der Waals surface area contributed by atoms with Crippen LogP contribution in [0, 0.1) is 5.92 Å². The largest absolute Gasteiger partial charge is 0.460 e. The number of hydrogen-bond acceptors (Lipinski definition) is 8. The topological polar surface area (TPSA) is 95.4 Å². The first-order valence-electron chi connectivity index (χ1n) is 8.33. The average molecular weight is 392 g/mol. The summed E-state index contributed by atoms with van der Waals surface area (Å²) < 4.78 is 7.69. The van der Waals surface area contributed by atoms with Crippen molar-refractivity contribution in [1.82, 2.24) is 19.8 Å². The Labute approximate surface area is 160 Å². The van der Waals surface area contributed by atoms with Gasteiger partial charge in [0.25, 0.3) is 0 Å². The lowest BCUT2D eigenvalue weighted by Crippen LogP contribution is -2.16. The molecule has 3 aromatic rings. The molecule has 1 aromatic carbocycles. The minimum absolute atomic E-state index is 0.199. The van der Waals surface area contributed by atoms with Crippen molar-refractivity contribution >= 4 is 34.0 Å². The van der Waals surface area contributed by atoms with Crippen LogP contribution in [0.25, 0.3) is 4.96 Å². The van der Waals surface area contributed by atoms with Crippen molar-refractivity contribution in [3.63, 3.8) is 0 Å². The Morgan fingerprint density at radius 1 is 1.31 bits per heavy atom. The second-order valence-electron chi connectivity index (χ2n) is 6.29. The van der Waals surface area contributed by atoms with Crippen LogP contribution in [-0.4, -0.2) is 31.5 Å². The number of thioether (sulfide) groups is 1. The van der Waals surface area contributed by atoms with Gasteiger partial charge in [-0.3, -0.25) is 4.79 Å². The van der Waals surface area contributed by atoms with Crippen molar-refractivity contribution in [1.29, 1.82) is 0 Å². The van der Waals surface area contributed by atoms with Gasteiger partial charge >= 0.3 is 5.97 Å². The van der Waals surface area contributed by atoms with Crippen LogP contribution in [0.2, 0.25) is 0 Å². The maximum atomic E-state index is 11.9. The van der Waals surface area contributed by atoms with Gasteiger partial charge in [-0.1, -0.05) is 67.3 Å². The number of rotatable bonds is 8. The van der Waals surface area contributed by atoms with E-state index in [2.05, 4.69) is 29.1 Å². The summed E-state index contributed by atoms with van der Waals surface area (Å²) in [5, 5.41) is 12.7. The fourth-order valence-corrected chi connectivity index (χ4v) is 4.10. The van der Waals surface area contributed by atoms with E-state index in [1.54, 1.807) is 4.52 Å². The van der Waals surface area contributed by atoms with E-state index in [4.69, 9.17) is 10.5 Å². The lowest BCUT2D eigenvalue weighted by atomic mass is 10.0. The first kappa shape index (κ1) is 18.8. The molecule has 0 radical (unpaired) electrons. The number of carbonyl (C=O) groups is 1. The van der Waals surface area contributed by atoms with Crippen LogP contribution < -0.4 is 5.73 Å². The van der Waals surface area contributed by atoms with Crippen molar-refractivity contribution in [3.05, 3.63) is 41.7 Å². The molecule has 0 aliphatic heterocycles. The molecule has 1 atom stereocenters. The number of carbonyl (C=O) groups excluding carboxylic acids is 1. The lowest BCUT2D eigenvalue weighted by Gasteiger charge is -2.10. The maximum Gasteiger partial charge on any atom is 0.316 e. The van der Waals surface area contributed by atoms with Crippen molar-refractivity contribution in [2.75, 3.05) is 5.75 Å². The van der Waals surface area contributed by atoms with E-state index >= 15 is 0 Å². The highest BCUT2D eigenvalue weighted by Gasteiger charge is 2.19. The van der Waals surface area contributed by atoms with Crippen LogP contribution in [0.5, 0.6) is 0 Å². The second kappa shape index (κ2) is 8.61. The van der Waals surface area contributed by atoms with Crippen molar-refractivity contribution in [2.24, 2.45) is 11.7 Å². The molecule has 0 amide bonds. The third-order valence-corrected chi connectivity index (χ3v) is 5.62. The van der Waals surface area contributed by atoms with E-state index in [0.717, 1.165) is 16.3 Å². The Hall–Kier alpha value is -1.97. The van der Waals surface area contributed by atoms with Crippen molar-refractivity contribution in [2.45, 2.75) is 37.3 Å². The number of nitrogens with zero attached hydrogens (tertiary/aromatic N) is 4. The summed E-state index contributed by atoms with van der Waals surface area (Å²) in [5.41, 5.74) is 7.16. The summed E-state index contributed by atoms with van der Waals surface area (Å²) >= 11 is 2.72. The third kappa shape index (κ3) is 4.80. The Kier molecular flexibility index (Phi) is 6.23. The quantitative estimate of drug-likeness (QED) is 0.466. The third-order valence-electron chi connectivity index (χ3n) is 3.61. The zero-order valence-corrected chi connectivity index (χ0v) is 16.3. The molecule has 2 heterocycles. The number of hydrogen-bond donors (Lipinski definition) is 1. The fourth-order valence-electron chi connectivity index (χ4n) is 2.42. The molecule has 0 saturated carbocycles. The zero-order chi connectivity index (χ0) is 18.5. The molecule has 0 fully saturated rings. The average Bonchev–Trinajstić information content (AvgIpc) is 3.18. The van der Waals surface area contributed by atoms with E-state index in [9.17, 15) is 4.79 Å². The molecule has 26 heavy (non-hydrogen) atoms. The Morgan fingerprint density at radius 3 is 2.81 bits per heavy atom. The minimum Gasteiger partial charge on any atom is -0.460 e. The second-order valence-corrected chi connectivity index (χ2v) is 8.47. The molecule has 0 unspecified atom stereocenters. The number of benzene rings is 1. The summed E-state index contributed by atoms with van der Waals surface area (Å²) in [4.78, 5) is 12.6. The first-order chi connectivity index (χ1) is 12.5. The molecule has 0 spiro atoms. The molecule has 7 nitrogen and oxygen atoms in total. The van der Waals surface area contributed by atoms with Crippen LogP contribution in [0.1, 0.15) is 37.7 Å². The SMILES string of the molecule is CC(C)C[C@H](N)c1nnc2sc(SCC(=O)OCc3ccccc3)nn12. The first-order valence-corrected chi connectivity index (χ1v) is 10.1. The zero-order valence-electron chi connectivity index (χ0n) is 14.7. The van der Waals surface area contributed by atoms with Gasteiger partial charge in [0.15, 0.2) is 10.2 Å². The molecule has 0 bridgehead atoms. The number of nitrogens with two attached hydrogens (primary N) is 1. The van der Waals surface area contributed by atoms with Crippen LogP contribution in [-0.2, 0) is 16.1 Å². The lowest BCUT2D eigenvalue weighted by molar-refractivity contribution is -0.141. The number of esters is 1. The highest BCUT2D eigenvalue weighted by molar-refractivity contribution is 8.01. The van der Waals surface area contributed by atoms with Gasteiger partial charge in [0.2, 0.25) is 4.96 Å². The molecule has 9 heteroatoms. The van der Waals surface area contributed by atoms with Gasteiger partial charge in [0, 0.05) is 0 Å². The van der Waals surface area contributed by atoms with Gasteiger partial charge in [0.1, 0.15) is 6.61 Å². The molecule has 0 saturated heterocycles. The van der Waals surface area contributed by atoms with Gasteiger partial charge in [-0.05, 0) is 17.9 Å². The highest BCUT2D eigenvalue weighted by atomic mass is 32.2. The molecule has 3 rings (SSSR count). The van der Waals surface area contributed by atoms with Crippen molar-refractivity contribution < 1.29 is 9.53 Å². The summed E-state index contributed by atoms with van der Waals surface area (Å²) in [5.74, 6) is 1.04. The molecule has 138 valence electrons. The number of fused-ring (bicyclic) bond motifs is 1. The number of ether oxygens (including phenoxy) is 1. The van der Waals surface area contributed by atoms with Crippen LogP contribution in [0.3, 0.4) is 0 Å². The van der Waals surface area contributed by atoms with E-state index in [0.29, 0.717) is 16.7 Å². The van der Waals surface area contributed by atoms with Gasteiger partial charge < -0.3 is 10.5 Å². The smallest absolute Gasteiger partial charge is 0.316 e. The molecule has 2 N–H and O–H groups in total. The molecule has 2 aromatic heterocycles.